The number of hydrogen-bond acceptors (Lipinski definition) is 12. The van der Waals surface area contributed by atoms with E-state index in [1.165, 1.54) is 0 Å². The fourth-order valence-corrected chi connectivity index (χ4v) is 20.1. The van der Waals surface area contributed by atoms with E-state index >= 15 is 0 Å². The lowest BCUT2D eigenvalue weighted by molar-refractivity contribution is 0.457. The van der Waals surface area contributed by atoms with E-state index in [1.807, 2.05) is 146 Å². The molecule has 4 heterocycles. The second kappa shape index (κ2) is 39.7. The number of phenols is 1. The third kappa shape index (κ3) is 17.9. The summed E-state index contributed by atoms with van der Waals surface area (Å²) in [5.41, 5.74) is 26.7. The van der Waals surface area contributed by atoms with Crippen LogP contribution in [0, 0.1) is 0 Å². The standard InChI is InChI=1S/C66H44N2O4.C48H33BrN2O.C18H12O3/c1-6-22-45(23-7-1)54-36-21-37-55(46-24-8-2-9-25-46)66(54)68(50-41-58(64-56-34-16-18-38-59(56)71-61(64)42-50)67(47-26-10-3-11-27-47)48-28-12-4-13-29-48)49-30-20-33-52(40-49)69-53-43-62(70-51-31-14-5-15-32-51)65-57-35-17-19-39-60(57)72-63(65)44-53;49-36-21-15-26-39(31-36)51(48-41(34-17-5-1-6-18-34)28-16-29-42(48)35-19-7-2-8-20-35)40-32-44(47-43-27-13-14-30-45(43)52-46(47)33-40)50(37-22-9-3-10-23-37)38-24-11-4-12-25-38;19-12-10-16(20-13-6-2-1-3-7-13)18-14-8-4-5-9-15(14)21-17(18)11-12/h1-44H;1-33H;1-11,19H. The van der Waals surface area contributed by atoms with Gasteiger partial charge in [0.25, 0.3) is 0 Å². The number of phenolic OH excluding ortho intramolecular Hbond substituents is 1. The number of fused-ring (bicyclic) bond motifs is 12. The molecule has 26 aromatic rings. The van der Waals surface area contributed by atoms with Crippen LogP contribution < -0.4 is 33.8 Å². The van der Waals surface area contributed by atoms with Gasteiger partial charge >= 0.3 is 0 Å². The zero-order valence-corrected chi connectivity index (χ0v) is 79.9. The summed E-state index contributed by atoms with van der Waals surface area (Å²) in [5, 5.41) is 17.7. The van der Waals surface area contributed by atoms with Crippen LogP contribution in [0.2, 0.25) is 0 Å². The van der Waals surface area contributed by atoms with Crippen LogP contribution in [0.4, 0.5) is 68.2 Å². The molecular formula is C132H89BrN4O8. The minimum absolute atomic E-state index is 0.118. The molecule has 0 aliphatic rings. The Morgan fingerprint density at radius 2 is 0.469 bits per heavy atom. The van der Waals surface area contributed by atoms with E-state index in [1.54, 1.807) is 12.1 Å². The number of ether oxygens (including phenoxy) is 3. The van der Waals surface area contributed by atoms with Gasteiger partial charge < -0.3 is 56.6 Å². The number of nitrogens with zero attached hydrogens (tertiary/aromatic N) is 4. The zero-order chi connectivity index (χ0) is 96.9. The number of aromatic hydroxyl groups is 1. The van der Waals surface area contributed by atoms with E-state index in [0.29, 0.717) is 39.9 Å². The maximum absolute atomic E-state index is 9.87. The largest absolute Gasteiger partial charge is 0.508 e. The lowest BCUT2D eigenvalue weighted by Gasteiger charge is -2.32. The molecule has 145 heavy (non-hydrogen) atoms. The Labute approximate surface area is 845 Å². The average molecular weight is 1940 g/mol. The van der Waals surface area contributed by atoms with Crippen molar-refractivity contribution in [3.63, 3.8) is 0 Å². The van der Waals surface area contributed by atoms with Gasteiger partial charge in [0.1, 0.15) is 84.9 Å². The van der Waals surface area contributed by atoms with Crippen LogP contribution in [0.15, 0.2) is 556 Å². The zero-order valence-electron chi connectivity index (χ0n) is 78.3. The van der Waals surface area contributed by atoms with Crippen LogP contribution in [0.5, 0.6) is 40.2 Å². The van der Waals surface area contributed by atoms with Crippen molar-refractivity contribution in [2.75, 3.05) is 19.6 Å². The van der Waals surface area contributed by atoms with Gasteiger partial charge in [-0.3, -0.25) is 0 Å². The Bertz CT molecular complexity index is 8940. The Balaban J connectivity index is 0.000000134. The van der Waals surface area contributed by atoms with Gasteiger partial charge in [-0.05, 0) is 162 Å². The first kappa shape index (κ1) is 88.6. The second-order valence-corrected chi connectivity index (χ2v) is 36.1. The van der Waals surface area contributed by atoms with E-state index in [-0.39, 0.29) is 5.75 Å². The summed E-state index contributed by atoms with van der Waals surface area (Å²) < 4.78 is 46.4. The fourth-order valence-electron chi connectivity index (χ4n) is 19.7. The number of anilines is 12. The van der Waals surface area contributed by atoms with E-state index in [4.69, 9.17) is 31.9 Å². The van der Waals surface area contributed by atoms with Crippen molar-refractivity contribution in [3.05, 3.63) is 538 Å². The third-order valence-corrected chi connectivity index (χ3v) is 26.5. The molecule has 13 heteroatoms. The fraction of sp³-hybridized carbons (Fsp3) is 0. The van der Waals surface area contributed by atoms with E-state index < -0.39 is 0 Å². The van der Waals surface area contributed by atoms with Crippen LogP contribution in [0.3, 0.4) is 0 Å². The highest BCUT2D eigenvalue weighted by atomic mass is 79.9. The topological polar surface area (TPSA) is 113 Å². The maximum Gasteiger partial charge on any atom is 0.142 e. The Kier molecular flexibility index (Phi) is 24.2. The van der Waals surface area contributed by atoms with Gasteiger partial charge in [-0.2, -0.15) is 0 Å². The van der Waals surface area contributed by atoms with Crippen molar-refractivity contribution in [2.45, 2.75) is 0 Å². The van der Waals surface area contributed by atoms with Crippen molar-refractivity contribution in [1.82, 2.24) is 0 Å². The molecule has 0 fully saturated rings. The number of rotatable bonds is 22. The summed E-state index contributed by atoms with van der Waals surface area (Å²) in [4.78, 5) is 9.41. The first-order valence-electron chi connectivity index (χ1n) is 48.1. The molecule has 0 atom stereocenters. The van der Waals surface area contributed by atoms with Crippen molar-refractivity contribution in [3.8, 4) is 84.8 Å². The molecule has 0 unspecified atom stereocenters. The molecule has 0 amide bonds. The molecule has 0 aliphatic heterocycles. The molecule has 0 radical (unpaired) electrons. The summed E-state index contributed by atoms with van der Waals surface area (Å²) in [6.45, 7) is 0. The van der Waals surface area contributed by atoms with Crippen molar-refractivity contribution >= 4 is 172 Å². The average Bonchev–Trinajstić information content (AvgIpc) is 1.64. The smallest absolute Gasteiger partial charge is 0.142 e. The minimum Gasteiger partial charge on any atom is -0.508 e. The number of para-hydroxylation sites is 12. The minimum atomic E-state index is 0.118. The van der Waals surface area contributed by atoms with E-state index in [0.717, 1.165) is 200 Å². The molecular weight excluding hydrogens is 1850 g/mol. The van der Waals surface area contributed by atoms with Crippen molar-refractivity contribution in [1.29, 1.82) is 0 Å². The van der Waals surface area contributed by atoms with Gasteiger partial charge in [0.05, 0.1) is 55.7 Å². The second-order valence-electron chi connectivity index (χ2n) is 35.1. The van der Waals surface area contributed by atoms with Gasteiger partial charge in [0.15, 0.2) is 0 Å². The summed E-state index contributed by atoms with van der Waals surface area (Å²) in [6, 6.07) is 183. The number of benzene rings is 22. The molecule has 12 nitrogen and oxygen atoms in total. The molecule has 0 bridgehead atoms. The lowest BCUT2D eigenvalue weighted by atomic mass is 9.94. The lowest BCUT2D eigenvalue weighted by Crippen LogP contribution is -2.15. The molecule has 26 rings (SSSR count). The summed E-state index contributed by atoms with van der Waals surface area (Å²) in [7, 11) is 0. The van der Waals surface area contributed by atoms with Crippen LogP contribution in [0.25, 0.3) is 132 Å². The summed E-state index contributed by atoms with van der Waals surface area (Å²) in [6.07, 6.45) is 0. The highest BCUT2D eigenvalue weighted by molar-refractivity contribution is 9.10. The monoisotopic (exact) mass is 1940 g/mol. The van der Waals surface area contributed by atoms with Gasteiger partial charge in [-0.15, -0.1) is 0 Å². The van der Waals surface area contributed by atoms with Crippen LogP contribution in [-0.4, -0.2) is 5.11 Å². The molecule has 0 saturated carbocycles. The highest BCUT2D eigenvalue weighted by Crippen LogP contribution is 2.56. The Morgan fingerprint density at radius 1 is 0.186 bits per heavy atom. The number of furan rings is 4. The van der Waals surface area contributed by atoms with Gasteiger partial charge in [-0.25, -0.2) is 0 Å². The molecule has 0 saturated heterocycles. The maximum atomic E-state index is 9.87. The summed E-state index contributed by atoms with van der Waals surface area (Å²) >= 11 is 3.81. The van der Waals surface area contributed by atoms with Gasteiger partial charge in [0.2, 0.25) is 0 Å². The number of hydrogen-bond donors (Lipinski definition) is 1. The normalized spacial score (nSPS) is 11.2. The first-order chi connectivity index (χ1) is 71.7. The van der Waals surface area contributed by atoms with Crippen LogP contribution in [0.1, 0.15) is 0 Å². The number of halogens is 1. The molecule has 22 aromatic carbocycles. The predicted molar refractivity (Wildman–Crippen MR) is 598 cm³/mol. The Hall–Kier alpha value is -19.1. The van der Waals surface area contributed by atoms with Crippen LogP contribution >= 0.6 is 15.9 Å². The molecule has 692 valence electrons. The predicted octanol–water partition coefficient (Wildman–Crippen LogP) is 39.0. The van der Waals surface area contributed by atoms with Gasteiger partial charge in [0, 0.05) is 125 Å². The molecule has 0 spiro atoms. The summed E-state index contributed by atoms with van der Waals surface area (Å²) in [5.74, 6) is 3.96. The van der Waals surface area contributed by atoms with Crippen molar-refractivity contribution < 1.29 is 37.0 Å². The molecule has 0 aliphatic carbocycles. The highest BCUT2D eigenvalue weighted by Gasteiger charge is 2.32. The van der Waals surface area contributed by atoms with E-state index in [9.17, 15) is 5.11 Å². The first-order valence-corrected chi connectivity index (χ1v) is 48.9. The van der Waals surface area contributed by atoms with E-state index in [2.05, 4.69) is 412 Å². The molecule has 4 aromatic heterocycles. The van der Waals surface area contributed by atoms with Crippen molar-refractivity contribution in [2.24, 2.45) is 0 Å². The molecule has 1 N–H and O–H groups in total. The Morgan fingerprint density at radius 3 is 0.834 bits per heavy atom. The SMILES string of the molecule is Brc1cccc(N(c2cc(N(c3ccccc3)c3ccccc3)c3c(c2)oc2ccccc23)c2c(-c3ccccc3)cccc2-c2ccccc2)c1.Oc1cc(Oc2ccccc2)c2c(c1)oc1ccccc12.c1ccc(Oc2cc(Oc3cccc(N(c4cc(N(c5ccccc5)c5ccccc5)c5c(c4)oc4ccccc45)c4c(-c5ccccc5)cccc4-c4ccccc4)c3)cc3oc4ccccc4c23)cc1. The third-order valence-electron chi connectivity index (χ3n) is 26.0. The van der Waals surface area contributed by atoms with Crippen LogP contribution in [-0.2, 0) is 0 Å². The quantitative estimate of drug-likeness (QED) is 0.0697. The van der Waals surface area contributed by atoms with Gasteiger partial charge in [-0.1, -0.05) is 368 Å².